The van der Waals surface area contributed by atoms with Crippen molar-refractivity contribution in [1.29, 1.82) is 0 Å². The van der Waals surface area contributed by atoms with Gasteiger partial charge in [-0.05, 0) is 138 Å². The molecule has 1 aromatic carbocycles. The minimum absolute atomic E-state index is 0.0218. The summed E-state index contributed by atoms with van der Waals surface area (Å²) in [4.78, 5) is 35.5. The maximum atomic E-state index is 14.7. The fourth-order valence-corrected chi connectivity index (χ4v) is 9.50. The van der Waals surface area contributed by atoms with Crippen LogP contribution < -0.4 is 9.64 Å². The molecule has 2 aliphatic heterocycles. The van der Waals surface area contributed by atoms with Gasteiger partial charge in [-0.1, -0.05) is 12.1 Å². The van der Waals surface area contributed by atoms with Gasteiger partial charge in [0.15, 0.2) is 5.67 Å². The lowest BCUT2D eigenvalue weighted by atomic mass is 9.51. The van der Waals surface area contributed by atoms with Crippen molar-refractivity contribution in [2.45, 2.75) is 121 Å². The van der Waals surface area contributed by atoms with Crippen LogP contribution in [0.5, 0.6) is 5.75 Å². The smallest absolute Gasteiger partial charge is 0.410 e. The van der Waals surface area contributed by atoms with Gasteiger partial charge in [0.2, 0.25) is 5.91 Å². The highest BCUT2D eigenvalue weighted by Crippen LogP contribution is 2.58. The van der Waals surface area contributed by atoms with E-state index in [1.165, 1.54) is 16.0 Å². The van der Waals surface area contributed by atoms with Gasteiger partial charge < -0.3 is 19.5 Å². The molecule has 10 nitrogen and oxygen atoms in total. The summed E-state index contributed by atoms with van der Waals surface area (Å²) in [6.07, 6.45) is 11.9. The zero-order valence-corrected chi connectivity index (χ0v) is 31.6. The molecule has 1 atom stereocenters. The summed E-state index contributed by atoms with van der Waals surface area (Å²) in [7, 11) is 1.72. The average molecular weight is 718 g/mol. The second-order valence-electron chi connectivity index (χ2n) is 17.2. The Kier molecular flexibility index (Phi) is 9.80. The monoisotopic (exact) mass is 717 g/mol. The van der Waals surface area contributed by atoms with Gasteiger partial charge in [-0.25, -0.2) is 14.2 Å². The number of methoxy groups -OCH3 is 1. The largest absolute Gasteiger partial charge is 0.496 e. The van der Waals surface area contributed by atoms with Crippen LogP contribution in [-0.4, -0.2) is 95.9 Å². The quantitative estimate of drug-likeness (QED) is 0.292. The Bertz CT molecular complexity index is 1660. The van der Waals surface area contributed by atoms with E-state index in [4.69, 9.17) is 19.6 Å². The van der Waals surface area contributed by atoms with Crippen molar-refractivity contribution in [1.82, 2.24) is 14.9 Å². The molecule has 0 radical (unpaired) electrons. The molecule has 4 saturated carbocycles. The maximum Gasteiger partial charge on any atom is 0.410 e. The molecule has 2 amide bonds. The van der Waals surface area contributed by atoms with E-state index in [9.17, 15) is 19.1 Å². The van der Waals surface area contributed by atoms with Crippen LogP contribution in [-0.2, 0) is 20.4 Å². The van der Waals surface area contributed by atoms with Crippen LogP contribution in [0.15, 0.2) is 41.6 Å². The number of anilines is 1. The lowest BCUT2D eigenvalue weighted by molar-refractivity contribution is -0.125. The number of nitrogens with zero attached hydrogens (tertiary/aromatic N) is 5. The zero-order chi connectivity index (χ0) is 36.9. The average Bonchev–Trinajstić information content (AvgIpc) is 3.57. The van der Waals surface area contributed by atoms with Crippen molar-refractivity contribution < 1.29 is 28.6 Å². The van der Waals surface area contributed by atoms with Crippen LogP contribution >= 0.6 is 0 Å². The van der Waals surface area contributed by atoms with Crippen LogP contribution in [0.2, 0.25) is 0 Å². The molecule has 6 aliphatic rings. The van der Waals surface area contributed by atoms with E-state index in [1.54, 1.807) is 7.11 Å². The normalized spacial score (nSPS) is 30.7. The van der Waals surface area contributed by atoms with Crippen LogP contribution in [0.25, 0.3) is 0 Å². The third-order valence-corrected chi connectivity index (χ3v) is 13.2. The molecule has 1 saturated heterocycles. The number of fused-ring (bicyclic) bond motifs is 3. The fourth-order valence-electron chi connectivity index (χ4n) is 9.50. The third kappa shape index (κ3) is 6.90. The van der Waals surface area contributed by atoms with Gasteiger partial charge in [-0.2, -0.15) is 5.10 Å². The Labute approximate surface area is 307 Å². The van der Waals surface area contributed by atoms with Gasteiger partial charge in [-0.15, -0.1) is 0 Å². The summed E-state index contributed by atoms with van der Waals surface area (Å²) in [5, 5.41) is 16.0. The number of aryl methyl sites for hydroxylation is 1. The molecule has 5 fully saturated rings. The van der Waals surface area contributed by atoms with Crippen molar-refractivity contribution >= 4 is 24.0 Å². The molecular weight excluding hydrogens is 661 g/mol. The Morgan fingerprint density at radius 1 is 1.00 bits per heavy atom. The third-order valence-electron chi connectivity index (χ3n) is 13.2. The van der Waals surface area contributed by atoms with Crippen molar-refractivity contribution in [3.05, 3.63) is 53.2 Å². The van der Waals surface area contributed by atoms with Crippen molar-refractivity contribution in [3.63, 3.8) is 0 Å². The SMILES string of the molecule is COc1ccc(C23CCC(CN(C(=O)C4CCC(OC(=O)N5CC(F)(CO)C5)CC4)c4cc(C5(C)C=NN(C(C)C)C5)ccn4)(CC2)CC3)cc1C. The van der Waals surface area contributed by atoms with Gasteiger partial charge in [0.05, 0.1) is 33.4 Å². The number of aliphatic hydroxyl groups excluding tert-OH is 1. The lowest BCUT2D eigenvalue weighted by Crippen LogP contribution is -2.63. The number of aliphatic hydroxyl groups is 1. The van der Waals surface area contributed by atoms with Crippen molar-refractivity contribution in [3.8, 4) is 5.75 Å². The molecular formula is C41H56FN5O5. The molecule has 0 spiro atoms. The number of hydrogen-bond acceptors (Lipinski definition) is 8. The zero-order valence-electron chi connectivity index (χ0n) is 31.6. The molecule has 2 bridgehead atoms. The predicted molar refractivity (Wildman–Crippen MR) is 199 cm³/mol. The summed E-state index contributed by atoms with van der Waals surface area (Å²) in [6.45, 7) is 9.11. The van der Waals surface area contributed by atoms with E-state index in [2.05, 4.69) is 63.0 Å². The number of ether oxygens (including phenoxy) is 2. The molecule has 1 N–H and O–H groups in total. The first-order chi connectivity index (χ1) is 24.8. The van der Waals surface area contributed by atoms with Gasteiger partial charge in [0.1, 0.15) is 17.7 Å². The number of hydrazone groups is 1. The van der Waals surface area contributed by atoms with Crippen LogP contribution in [0.4, 0.5) is 15.0 Å². The number of carbonyl (C=O) groups excluding carboxylic acids is 2. The number of pyridine rings is 1. The highest BCUT2D eigenvalue weighted by Gasteiger charge is 2.51. The Morgan fingerprint density at radius 3 is 2.29 bits per heavy atom. The number of alkyl halides is 1. The Hall–Kier alpha value is -3.73. The number of benzene rings is 1. The minimum Gasteiger partial charge on any atom is -0.496 e. The number of rotatable bonds is 10. The summed E-state index contributed by atoms with van der Waals surface area (Å²) in [6, 6.07) is 11.1. The number of amides is 2. The van der Waals surface area contributed by atoms with Crippen LogP contribution in [0.3, 0.4) is 0 Å². The Balaban J connectivity index is 1.08. The minimum atomic E-state index is -1.74. The second kappa shape index (κ2) is 13.9. The number of hydrogen-bond donors (Lipinski definition) is 1. The highest BCUT2D eigenvalue weighted by atomic mass is 19.1. The number of carbonyl (C=O) groups is 2. The molecule has 4 aliphatic carbocycles. The van der Waals surface area contributed by atoms with E-state index in [0.29, 0.717) is 44.1 Å². The van der Waals surface area contributed by atoms with E-state index >= 15 is 0 Å². The number of halogens is 1. The molecule has 1 aromatic heterocycles. The van der Waals surface area contributed by atoms with Crippen molar-refractivity contribution in [2.24, 2.45) is 16.4 Å². The molecule has 1 unspecified atom stereocenters. The molecule has 11 heteroatoms. The topological polar surface area (TPSA) is 108 Å². The first-order valence-corrected chi connectivity index (χ1v) is 19.3. The molecule has 8 rings (SSSR count). The van der Waals surface area contributed by atoms with E-state index in [-0.39, 0.29) is 47.3 Å². The predicted octanol–water partition coefficient (Wildman–Crippen LogP) is 6.70. The summed E-state index contributed by atoms with van der Waals surface area (Å²) < 4.78 is 25.4. The first kappa shape index (κ1) is 36.6. The summed E-state index contributed by atoms with van der Waals surface area (Å²) in [5.41, 5.74) is 1.84. The van der Waals surface area contributed by atoms with Gasteiger partial charge in [-0.3, -0.25) is 14.7 Å². The molecule has 3 heterocycles. The molecule has 52 heavy (non-hydrogen) atoms. The fraction of sp³-hybridized carbons (Fsp3) is 0.659. The molecule has 282 valence electrons. The summed E-state index contributed by atoms with van der Waals surface area (Å²) in [5.74, 6) is 1.52. The van der Waals surface area contributed by atoms with Gasteiger partial charge in [0.25, 0.3) is 0 Å². The van der Waals surface area contributed by atoms with E-state index in [0.717, 1.165) is 56.4 Å². The number of likely N-dealkylation sites (tertiary alicyclic amines) is 1. The second-order valence-corrected chi connectivity index (χ2v) is 17.2. The van der Waals surface area contributed by atoms with Gasteiger partial charge in [0, 0.05) is 36.3 Å². The highest BCUT2D eigenvalue weighted by molar-refractivity contribution is 5.94. The lowest BCUT2D eigenvalue weighted by Gasteiger charge is -2.55. The van der Waals surface area contributed by atoms with Crippen LogP contribution in [0, 0.1) is 18.3 Å². The van der Waals surface area contributed by atoms with Gasteiger partial charge >= 0.3 is 6.09 Å². The Morgan fingerprint density at radius 2 is 1.69 bits per heavy atom. The van der Waals surface area contributed by atoms with E-state index < -0.39 is 18.4 Å². The standard InChI is InChI=1S/C41H56FN5O5/c1-28(2)47-23-38(4,22-44-47)31-12-19-43-35(21-31)46(36(49)30-6-9-33(10-7-30)52-37(50)45-25-41(42,26-45)27-48)24-39-13-16-40(17-14-39,18-15-39)32-8-11-34(51-5)29(3)20-32/h8,11-12,19-22,28,30,33,48H,6-7,9-10,13-18,23-27H2,1-5H3. The van der Waals surface area contributed by atoms with Crippen molar-refractivity contribution in [2.75, 3.05) is 44.8 Å². The number of aromatic nitrogens is 1. The summed E-state index contributed by atoms with van der Waals surface area (Å²) >= 11 is 0. The maximum absolute atomic E-state index is 14.7. The molecule has 2 aromatic rings. The first-order valence-electron chi connectivity index (χ1n) is 19.3. The van der Waals surface area contributed by atoms with Crippen LogP contribution in [0.1, 0.15) is 102 Å². The van der Waals surface area contributed by atoms with E-state index in [1.807, 2.05) is 17.3 Å².